The molecule has 0 unspecified atom stereocenters. The van der Waals surface area contributed by atoms with Crippen molar-refractivity contribution < 1.29 is 19.4 Å². The largest absolute Gasteiger partial charge is 0.507 e. The monoisotopic (exact) mass is 193 g/mol. The van der Waals surface area contributed by atoms with Crippen LogP contribution in [0.25, 0.3) is 0 Å². The van der Waals surface area contributed by atoms with Crippen molar-refractivity contribution in [2.24, 2.45) is 4.99 Å². The summed E-state index contributed by atoms with van der Waals surface area (Å²) in [5.41, 5.74) is 0.448. The van der Waals surface area contributed by atoms with Crippen LogP contribution in [-0.2, 0) is 11.3 Å². The van der Waals surface area contributed by atoms with Gasteiger partial charge < -0.3 is 14.6 Å². The van der Waals surface area contributed by atoms with Gasteiger partial charge in [0.15, 0.2) is 11.5 Å². The van der Waals surface area contributed by atoms with E-state index in [1.54, 1.807) is 6.07 Å². The van der Waals surface area contributed by atoms with Gasteiger partial charge in [-0.15, -0.1) is 0 Å². The van der Waals surface area contributed by atoms with Gasteiger partial charge in [-0.2, -0.15) is 0 Å². The Morgan fingerprint density at radius 2 is 2.36 bits per heavy atom. The first-order chi connectivity index (χ1) is 6.83. The number of phenolic OH excluding ortho intramolecular Hbond substituents is 1. The number of aliphatic imine (C=N–C) groups is 1. The lowest BCUT2D eigenvalue weighted by atomic mass is 10.1. The molecule has 1 aromatic rings. The lowest BCUT2D eigenvalue weighted by Crippen LogP contribution is -1.94. The Bertz CT molecular complexity index is 410. The van der Waals surface area contributed by atoms with Gasteiger partial charge in [-0.3, -0.25) is 0 Å². The van der Waals surface area contributed by atoms with E-state index in [2.05, 4.69) is 4.99 Å². The third-order valence-corrected chi connectivity index (χ3v) is 1.92. The summed E-state index contributed by atoms with van der Waals surface area (Å²) in [5, 5.41) is 9.48. The number of carbonyl (C=O) groups excluding carboxylic acids is 1. The summed E-state index contributed by atoms with van der Waals surface area (Å²) in [6.45, 7) is 0.165. The number of nitrogens with zero attached hydrogens (tertiary/aromatic N) is 1. The van der Waals surface area contributed by atoms with Gasteiger partial charge in [-0.1, -0.05) is 0 Å². The summed E-state index contributed by atoms with van der Waals surface area (Å²) in [6, 6.07) is 3.08. The SMILES string of the molecule is O=C=NCc1c(O)ccc2c1OCO2. The average Bonchev–Trinajstić information content (AvgIpc) is 2.64. The molecule has 1 aliphatic rings. The molecule has 14 heavy (non-hydrogen) atoms. The molecule has 0 saturated carbocycles. The number of phenols is 1. The van der Waals surface area contributed by atoms with Crippen LogP contribution in [0.1, 0.15) is 5.56 Å². The van der Waals surface area contributed by atoms with Crippen LogP contribution >= 0.6 is 0 Å². The van der Waals surface area contributed by atoms with Crippen molar-refractivity contribution in [2.45, 2.75) is 6.54 Å². The molecule has 72 valence electrons. The van der Waals surface area contributed by atoms with Gasteiger partial charge >= 0.3 is 0 Å². The van der Waals surface area contributed by atoms with E-state index in [0.29, 0.717) is 17.1 Å². The van der Waals surface area contributed by atoms with Gasteiger partial charge in [0, 0.05) is 0 Å². The van der Waals surface area contributed by atoms with Gasteiger partial charge in [0.05, 0.1) is 12.1 Å². The van der Waals surface area contributed by atoms with E-state index >= 15 is 0 Å². The molecule has 0 saturated heterocycles. The zero-order chi connectivity index (χ0) is 9.97. The van der Waals surface area contributed by atoms with Crippen molar-refractivity contribution in [1.82, 2.24) is 0 Å². The van der Waals surface area contributed by atoms with E-state index < -0.39 is 0 Å². The topological polar surface area (TPSA) is 68.1 Å². The first kappa shape index (κ1) is 8.59. The van der Waals surface area contributed by atoms with Crippen molar-refractivity contribution in [3.05, 3.63) is 17.7 Å². The number of ether oxygens (including phenoxy) is 2. The predicted octanol–water partition coefficient (Wildman–Crippen LogP) is 0.957. The molecule has 2 rings (SSSR count). The van der Waals surface area contributed by atoms with Crippen molar-refractivity contribution in [2.75, 3.05) is 6.79 Å². The van der Waals surface area contributed by atoms with E-state index in [-0.39, 0.29) is 19.1 Å². The van der Waals surface area contributed by atoms with Gasteiger partial charge in [0.25, 0.3) is 0 Å². The van der Waals surface area contributed by atoms with Crippen molar-refractivity contribution in [1.29, 1.82) is 0 Å². The highest BCUT2D eigenvalue weighted by atomic mass is 16.7. The third kappa shape index (κ3) is 1.30. The number of fused-ring (bicyclic) bond motifs is 1. The number of isocyanates is 1. The van der Waals surface area contributed by atoms with E-state index in [1.165, 1.54) is 12.1 Å². The van der Waals surface area contributed by atoms with Gasteiger partial charge in [0.1, 0.15) is 5.75 Å². The quantitative estimate of drug-likeness (QED) is 0.561. The minimum Gasteiger partial charge on any atom is -0.507 e. The highest BCUT2D eigenvalue weighted by Gasteiger charge is 2.20. The van der Waals surface area contributed by atoms with Crippen LogP contribution < -0.4 is 9.47 Å². The Kier molecular flexibility index (Phi) is 2.08. The minimum absolute atomic E-state index is 0.0354. The lowest BCUT2D eigenvalue weighted by Gasteiger charge is -2.04. The van der Waals surface area contributed by atoms with Crippen molar-refractivity contribution in [3.63, 3.8) is 0 Å². The Balaban J connectivity index is 2.45. The second-order valence-corrected chi connectivity index (χ2v) is 2.70. The van der Waals surface area contributed by atoms with Crippen LogP contribution in [0.4, 0.5) is 0 Å². The fourth-order valence-corrected chi connectivity index (χ4v) is 1.28. The molecule has 0 aliphatic carbocycles. The first-order valence-corrected chi connectivity index (χ1v) is 3.97. The maximum atomic E-state index is 9.94. The molecule has 1 heterocycles. The van der Waals surface area contributed by atoms with Crippen LogP contribution in [-0.4, -0.2) is 18.0 Å². The number of benzene rings is 1. The predicted molar refractivity (Wildman–Crippen MR) is 46.1 cm³/mol. The summed E-state index contributed by atoms with van der Waals surface area (Å²) >= 11 is 0. The summed E-state index contributed by atoms with van der Waals surface area (Å²) in [4.78, 5) is 13.3. The standard InChI is InChI=1S/C9H7NO4/c11-4-10-3-6-7(12)1-2-8-9(6)14-5-13-8/h1-2,12H,3,5H2. The smallest absolute Gasteiger partial charge is 0.235 e. The van der Waals surface area contributed by atoms with Gasteiger partial charge in [0.2, 0.25) is 12.9 Å². The molecular formula is C9H7NO4. The van der Waals surface area contributed by atoms with Crippen LogP contribution in [0, 0.1) is 0 Å². The number of aromatic hydroxyl groups is 1. The molecule has 5 heteroatoms. The summed E-state index contributed by atoms with van der Waals surface area (Å²) in [6.07, 6.45) is 1.40. The van der Waals surface area contributed by atoms with Gasteiger partial charge in [-0.05, 0) is 12.1 Å². The van der Waals surface area contributed by atoms with Crippen molar-refractivity contribution >= 4 is 6.08 Å². The molecular weight excluding hydrogens is 186 g/mol. The summed E-state index contributed by atoms with van der Waals surface area (Å²) in [7, 11) is 0. The molecule has 1 aromatic carbocycles. The Hall–Kier alpha value is -2.00. The second-order valence-electron chi connectivity index (χ2n) is 2.70. The fraction of sp³-hybridized carbons (Fsp3) is 0.222. The maximum absolute atomic E-state index is 9.94. The van der Waals surface area contributed by atoms with Crippen molar-refractivity contribution in [3.8, 4) is 17.2 Å². The molecule has 0 radical (unpaired) electrons. The first-order valence-electron chi connectivity index (χ1n) is 3.97. The highest BCUT2D eigenvalue weighted by Crippen LogP contribution is 2.40. The van der Waals surface area contributed by atoms with E-state index in [0.717, 1.165) is 0 Å². The van der Waals surface area contributed by atoms with E-state index in [9.17, 15) is 9.90 Å². The molecule has 1 N–H and O–H groups in total. The number of rotatable bonds is 2. The summed E-state index contributed by atoms with van der Waals surface area (Å²) < 4.78 is 10.2. The van der Waals surface area contributed by atoms with Gasteiger partial charge in [-0.25, -0.2) is 9.79 Å². The number of hydrogen-bond acceptors (Lipinski definition) is 5. The molecule has 0 bridgehead atoms. The second kappa shape index (κ2) is 3.40. The van der Waals surface area contributed by atoms with Crippen LogP contribution in [0.3, 0.4) is 0 Å². The van der Waals surface area contributed by atoms with Crippen LogP contribution in [0.15, 0.2) is 17.1 Å². The minimum atomic E-state index is 0.0354. The normalized spacial score (nSPS) is 12.3. The molecule has 0 aromatic heterocycles. The molecule has 5 nitrogen and oxygen atoms in total. The average molecular weight is 193 g/mol. The molecule has 0 fully saturated rings. The molecule has 0 amide bonds. The van der Waals surface area contributed by atoms with Crippen LogP contribution in [0.2, 0.25) is 0 Å². The highest BCUT2D eigenvalue weighted by molar-refractivity contribution is 5.55. The Labute approximate surface area is 79.6 Å². The Morgan fingerprint density at radius 1 is 1.50 bits per heavy atom. The summed E-state index contributed by atoms with van der Waals surface area (Å²) in [5.74, 6) is 1.04. The molecule has 0 atom stereocenters. The molecule has 0 spiro atoms. The molecule has 1 aliphatic heterocycles. The van der Waals surface area contributed by atoms with E-state index in [4.69, 9.17) is 9.47 Å². The van der Waals surface area contributed by atoms with E-state index in [1.807, 2.05) is 0 Å². The van der Waals surface area contributed by atoms with Crippen LogP contribution in [0.5, 0.6) is 17.2 Å². The fourth-order valence-electron chi connectivity index (χ4n) is 1.28. The maximum Gasteiger partial charge on any atom is 0.235 e. The lowest BCUT2D eigenvalue weighted by molar-refractivity contribution is 0.173. The third-order valence-electron chi connectivity index (χ3n) is 1.92. The zero-order valence-electron chi connectivity index (χ0n) is 7.19. The zero-order valence-corrected chi connectivity index (χ0v) is 7.19. The Morgan fingerprint density at radius 3 is 3.14 bits per heavy atom. The number of hydrogen-bond donors (Lipinski definition) is 1.